The zero-order valence-corrected chi connectivity index (χ0v) is 12.5. The van der Waals surface area contributed by atoms with Crippen molar-refractivity contribution >= 4 is 11.9 Å². The molecule has 0 bridgehead atoms. The maximum Gasteiger partial charge on any atom is 0.322 e. The van der Waals surface area contributed by atoms with Crippen molar-refractivity contribution in [1.29, 1.82) is 0 Å². The van der Waals surface area contributed by atoms with E-state index in [9.17, 15) is 4.79 Å². The molecule has 2 N–H and O–H groups in total. The van der Waals surface area contributed by atoms with Gasteiger partial charge in [0.05, 0.1) is 11.9 Å². The van der Waals surface area contributed by atoms with Gasteiger partial charge in [0.2, 0.25) is 11.8 Å². The van der Waals surface area contributed by atoms with E-state index in [0.717, 1.165) is 5.69 Å². The number of aromatic nitrogens is 5. The van der Waals surface area contributed by atoms with Crippen LogP contribution in [0.25, 0.3) is 0 Å². The normalized spacial score (nSPS) is 11.6. The summed E-state index contributed by atoms with van der Waals surface area (Å²) in [7, 11) is 0. The Hall–Kier alpha value is -2.29. The average molecular weight is 293 g/mol. The van der Waals surface area contributed by atoms with E-state index in [4.69, 9.17) is 4.42 Å². The van der Waals surface area contributed by atoms with Crippen LogP contribution in [0, 0.1) is 6.92 Å². The van der Waals surface area contributed by atoms with Crippen LogP contribution in [-0.2, 0) is 17.9 Å². The van der Waals surface area contributed by atoms with Crippen molar-refractivity contribution in [3.63, 3.8) is 0 Å². The molecule has 0 aromatic carbocycles. The molecule has 2 rings (SSSR count). The van der Waals surface area contributed by atoms with E-state index in [0.29, 0.717) is 12.4 Å². The Morgan fingerprint density at radius 2 is 2.10 bits per heavy atom. The van der Waals surface area contributed by atoms with Gasteiger partial charge in [0, 0.05) is 19.0 Å². The molecule has 0 aliphatic heterocycles. The Labute approximate surface area is 122 Å². The molecule has 1 amide bonds. The lowest BCUT2D eigenvalue weighted by Crippen LogP contribution is -2.35. The average Bonchev–Trinajstić information content (AvgIpc) is 2.95. The molecule has 2 aromatic rings. The van der Waals surface area contributed by atoms with Crippen LogP contribution in [0.3, 0.4) is 0 Å². The highest BCUT2D eigenvalue weighted by molar-refractivity contribution is 5.88. The first-order valence-electron chi connectivity index (χ1n) is 6.56. The summed E-state index contributed by atoms with van der Waals surface area (Å²) in [5.41, 5.74) is 0.767. The lowest BCUT2D eigenvalue weighted by molar-refractivity contribution is -0.117. The van der Waals surface area contributed by atoms with Gasteiger partial charge in [-0.15, -0.1) is 10.2 Å². The molecule has 9 nitrogen and oxygen atoms in total. The van der Waals surface area contributed by atoms with Crippen LogP contribution in [0.5, 0.6) is 0 Å². The standard InChI is InChI=1S/C12H19N7O2/c1-8-15-17-11(21-8)14-10(20)7-19-6-9(16-18-19)5-13-12(2,3)4/h6,13H,5,7H2,1-4H3,(H,14,17,20). The minimum Gasteiger partial charge on any atom is -0.408 e. The molecule has 9 heteroatoms. The summed E-state index contributed by atoms with van der Waals surface area (Å²) >= 11 is 0. The van der Waals surface area contributed by atoms with Crippen molar-refractivity contribution < 1.29 is 9.21 Å². The number of nitrogens with zero attached hydrogens (tertiary/aromatic N) is 5. The third kappa shape index (κ3) is 4.95. The lowest BCUT2D eigenvalue weighted by Gasteiger charge is -2.19. The van der Waals surface area contributed by atoms with E-state index in [1.807, 2.05) is 0 Å². The van der Waals surface area contributed by atoms with Crippen molar-refractivity contribution in [3.05, 3.63) is 17.8 Å². The van der Waals surface area contributed by atoms with Crippen molar-refractivity contribution in [2.24, 2.45) is 0 Å². The van der Waals surface area contributed by atoms with E-state index in [-0.39, 0.29) is 24.0 Å². The van der Waals surface area contributed by atoms with E-state index < -0.39 is 0 Å². The summed E-state index contributed by atoms with van der Waals surface area (Å²) in [6.07, 6.45) is 1.72. The third-order valence-corrected chi connectivity index (χ3v) is 2.46. The Bertz CT molecular complexity index is 611. The molecular formula is C12H19N7O2. The number of carbonyl (C=O) groups is 1. The molecule has 0 saturated heterocycles. The van der Waals surface area contributed by atoms with E-state index in [1.165, 1.54) is 4.68 Å². The number of carbonyl (C=O) groups excluding carboxylic acids is 1. The molecule has 0 fully saturated rings. The van der Waals surface area contributed by atoms with Crippen LogP contribution in [-0.4, -0.2) is 36.6 Å². The smallest absolute Gasteiger partial charge is 0.322 e. The predicted octanol–water partition coefficient (Wildman–Crippen LogP) is 0.496. The van der Waals surface area contributed by atoms with E-state index in [2.05, 4.69) is 51.9 Å². The summed E-state index contributed by atoms with van der Waals surface area (Å²) in [4.78, 5) is 11.8. The molecule has 114 valence electrons. The van der Waals surface area contributed by atoms with Gasteiger partial charge in [0.25, 0.3) is 0 Å². The fourth-order valence-corrected chi connectivity index (χ4v) is 1.51. The van der Waals surface area contributed by atoms with Crippen molar-refractivity contribution in [1.82, 2.24) is 30.5 Å². The number of anilines is 1. The highest BCUT2D eigenvalue weighted by atomic mass is 16.4. The van der Waals surface area contributed by atoms with Gasteiger partial charge in [-0.25, -0.2) is 4.68 Å². The number of nitrogens with one attached hydrogen (secondary N) is 2. The molecular weight excluding hydrogens is 274 g/mol. The van der Waals surface area contributed by atoms with E-state index >= 15 is 0 Å². The fraction of sp³-hybridized carbons (Fsp3) is 0.583. The molecule has 0 saturated carbocycles. The first kappa shape index (κ1) is 15.1. The molecule has 2 aromatic heterocycles. The first-order valence-corrected chi connectivity index (χ1v) is 6.56. The summed E-state index contributed by atoms with van der Waals surface area (Å²) in [5.74, 6) is 0.0838. The van der Waals surface area contributed by atoms with Crippen LogP contribution in [0.1, 0.15) is 32.4 Å². The molecule has 0 unspecified atom stereocenters. The SMILES string of the molecule is Cc1nnc(NC(=O)Cn2cc(CNC(C)(C)C)nn2)o1. The summed E-state index contributed by atoms with van der Waals surface area (Å²) < 4.78 is 6.52. The van der Waals surface area contributed by atoms with Gasteiger partial charge in [0.1, 0.15) is 6.54 Å². The number of hydrogen-bond acceptors (Lipinski definition) is 7. The van der Waals surface area contributed by atoms with Crippen LogP contribution >= 0.6 is 0 Å². The monoisotopic (exact) mass is 293 g/mol. The zero-order valence-electron chi connectivity index (χ0n) is 12.5. The minimum absolute atomic E-state index is 0.00300. The number of amides is 1. The Morgan fingerprint density at radius 1 is 1.33 bits per heavy atom. The maximum absolute atomic E-state index is 11.8. The zero-order chi connectivity index (χ0) is 15.5. The Kier molecular flexibility index (Phi) is 4.32. The molecule has 21 heavy (non-hydrogen) atoms. The summed E-state index contributed by atoms with van der Waals surface area (Å²) in [6, 6.07) is 0.0761. The van der Waals surface area contributed by atoms with Gasteiger partial charge in [-0.1, -0.05) is 10.3 Å². The number of rotatable bonds is 5. The third-order valence-electron chi connectivity index (χ3n) is 2.46. The highest BCUT2D eigenvalue weighted by Gasteiger charge is 2.12. The second-order valence-electron chi connectivity index (χ2n) is 5.69. The second-order valence-corrected chi connectivity index (χ2v) is 5.69. The largest absolute Gasteiger partial charge is 0.408 e. The minimum atomic E-state index is -0.307. The number of aryl methyl sites for hydroxylation is 1. The molecule has 0 radical (unpaired) electrons. The van der Waals surface area contributed by atoms with Gasteiger partial charge in [-0.3, -0.25) is 10.1 Å². The van der Waals surface area contributed by atoms with Crippen LogP contribution in [0.4, 0.5) is 6.01 Å². The number of hydrogen-bond donors (Lipinski definition) is 2. The maximum atomic E-state index is 11.8. The molecule has 0 aliphatic carbocycles. The van der Waals surface area contributed by atoms with Gasteiger partial charge in [-0.2, -0.15) is 0 Å². The molecule has 0 aliphatic rings. The quantitative estimate of drug-likeness (QED) is 0.825. The van der Waals surface area contributed by atoms with Gasteiger partial charge >= 0.3 is 6.01 Å². The van der Waals surface area contributed by atoms with Crippen molar-refractivity contribution in [2.45, 2.75) is 46.3 Å². The first-order chi connectivity index (χ1) is 9.82. The fourth-order valence-electron chi connectivity index (χ4n) is 1.51. The molecule has 0 atom stereocenters. The lowest BCUT2D eigenvalue weighted by atomic mass is 10.1. The van der Waals surface area contributed by atoms with Gasteiger partial charge in [-0.05, 0) is 20.8 Å². The van der Waals surface area contributed by atoms with Crippen LogP contribution < -0.4 is 10.6 Å². The van der Waals surface area contributed by atoms with Crippen molar-refractivity contribution in [3.8, 4) is 0 Å². The van der Waals surface area contributed by atoms with Crippen LogP contribution in [0.15, 0.2) is 10.6 Å². The Balaban J connectivity index is 1.85. The predicted molar refractivity (Wildman–Crippen MR) is 74.3 cm³/mol. The summed E-state index contributed by atoms with van der Waals surface area (Å²) in [6.45, 7) is 8.47. The molecule has 2 heterocycles. The molecule has 0 spiro atoms. The van der Waals surface area contributed by atoms with Crippen LogP contribution in [0.2, 0.25) is 0 Å². The topological polar surface area (TPSA) is 111 Å². The Morgan fingerprint density at radius 3 is 2.71 bits per heavy atom. The van der Waals surface area contributed by atoms with Gasteiger partial charge in [0.15, 0.2) is 0 Å². The van der Waals surface area contributed by atoms with Crippen molar-refractivity contribution in [2.75, 3.05) is 5.32 Å². The highest BCUT2D eigenvalue weighted by Crippen LogP contribution is 2.04. The van der Waals surface area contributed by atoms with Gasteiger partial charge < -0.3 is 9.73 Å². The summed E-state index contributed by atoms with van der Waals surface area (Å²) in [5, 5.41) is 21.0. The second kappa shape index (κ2) is 6.00. The van der Waals surface area contributed by atoms with E-state index in [1.54, 1.807) is 13.1 Å².